The van der Waals surface area contributed by atoms with Gasteiger partial charge in [0, 0.05) is 42.7 Å². The topological polar surface area (TPSA) is 78.5 Å². The van der Waals surface area contributed by atoms with Crippen LogP contribution in [-0.4, -0.2) is 35.2 Å². The minimum atomic E-state index is -0.143. The Hall–Kier alpha value is -2.37. The second-order valence-electron chi connectivity index (χ2n) is 8.39. The van der Waals surface area contributed by atoms with Crippen LogP contribution in [0.4, 0.5) is 11.4 Å². The predicted octanol–water partition coefficient (Wildman–Crippen LogP) is 4.18. The zero-order chi connectivity index (χ0) is 20.8. The first-order valence-corrected chi connectivity index (χ1v) is 11.0. The van der Waals surface area contributed by atoms with Gasteiger partial charge < -0.3 is 15.5 Å². The number of hydrogen-bond acceptors (Lipinski definition) is 3. The van der Waals surface area contributed by atoms with E-state index in [0.29, 0.717) is 23.3 Å². The molecule has 0 radical (unpaired) electrons. The molecule has 1 unspecified atom stereocenters. The van der Waals surface area contributed by atoms with E-state index < -0.39 is 0 Å². The molecular formula is C23H33N3O3. The number of piperidine rings is 1. The summed E-state index contributed by atoms with van der Waals surface area (Å²) >= 11 is 0. The molecule has 6 nitrogen and oxygen atoms in total. The molecule has 1 saturated heterocycles. The van der Waals surface area contributed by atoms with Gasteiger partial charge in [-0.15, -0.1) is 0 Å². The molecule has 1 saturated carbocycles. The lowest BCUT2D eigenvalue weighted by Crippen LogP contribution is -2.47. The Morgan fingerprint density at radius 3 is 2.28 bits per heavy atom. The first kappa shape index (κ1) is 21.3. The second kappa shape index (κ2) is 9.90. The fourth-order valence-corrected chi connectivity index (χ4v) is 4.67. The summed E-state index contributed by atoms with van der Waals surface area (Å²) in [6, 6.07) is 7.57. The Morgan fingerprint density at radius 1 is 0.966 bits per heavy atom. The van der Waals surface area contributed by atoms with Crippen molar-refractivity contribution in [2.45, 2.75) is 71.3 Å². The lowest BCUT2D eigenvalue weighted by Gasteiger charge is -2.39. The van der Waals surface area contributed by atoms with Crippen LogP contribution in [0, 0.1) is 11.8 Å². The molecule has 3 amide bonds. The number of carbonyl (C=O) groups is 3. The van der Waals surface area contributed by atoms with E-state index in [2.05, 4.69) is 22.5 Å². The average Bonchev–Trinajstić information content (AvgIpc) is 2.73. The maximum atomic E-state index is 13.0. The minimum Gasteiger partial charge on any atom is -0.339 e. The van der Waals surface area contributed by atoms with Crippen molar-refractivity contribution in [3.63, 3.8) is 0 Å². The van der Waals surface area contributed by atoms with Crippen molar-refractivity contribution in [3.8, 4) is 0 Å². The van der Waals surface area contributed by atoms with Crippen LogP contribution in [0.25, 0.3) is 0 Å². The van der Waals surface area contributed by atoms with Crippen LogP contribution >= 0.6 is 0 Å². The molecule has 0 spiro atoms. The Kier molecular flexibility index (Phi) is 7.29. The highest BCUT2D eigenvalue weighted by molar-refractivity contribution is 5.94. The molecule has 1 heterocycles. The SMILES string of the molecule is CCC1CCCCN1C(=O)C1CCC(C(=O)Nc2cccc(NC(C)=O)c2)CC1. The lowest BCUT2D eigenvalue weighted by atomic mass is 9.80. The van der Waals surface area contributed by atoms with Gasteiger partial charge in [0.1, 0.15) is 0 Å². The Bertz CT molecular complexity index is 741. The van der Waals surface area contributed by atoms with Crippen molar-refractivity contribution in [1.29, 1.82) is 0 Å². The van der Waals surface area contributed by atoms with Gasteiger partial charge >= 0.3 is 0 Å². The number of benzene rings is 1. The molecule has 1 aliphatic carbocycles. The number of nitrogens with one attached hydrogen (secondary N) is 2. The third-order valence-electron chi connectivity index (χ3n) is 6.28. The van der Waals surface area contributed by atoms with Gasteiger partial charge in [-0.3, -0.25) is 14.4 Å². The third kappa shape index (κ3) is 5.58. The summed E-state index contributed by atoms with van der Waals surface area (Å²) in [4.78, 5) is 39.0. The molecule has 0 aromatic heterocycles. The molecule has 0 bridgehead atoms. The van der Waals surface area contributed by atoms with Crippen LogP contribution < -0.4 is 10.6 Å². The van der Waals surface area contributed by atoms with E-state index in [1.165, 1.54) is 13.3 Å². The van der Waals surface area contributed by atoms with E-state index in [1.54, 1.807) is 18.2 Å². The zero-order valence-corrected chi connectivity index (χ0v) is 17.6. The second-order valence-corrected chi connectivity index (χ2v) is 8.39. The highest BCUT2D eigenvalue weighted by Crippen LogP contribution is 2.33. The smallest absolute Gasteiger partial charge is 0.227 e. The highest BCUT2D eigenvalue weighted by Gasteiger charge is 2.34. The van der Waals surface area contributed by atoms with Crippen molar-refractivity contribution in [2.75, 3.05) is 17.2 Å². The van der Waals surface area contributed by atoms with Gasteiger partial charge in [0.05, 0.1) is 0 Å². The summed E-state index contributed by atoms with van der Waals surface area (Å²) in [7, 11) is 0. The number of likely N-dealkylation sites (tertiary alicyclic amines) is 1. The van der Waals surface area contributed by atoms with Crippen LogP contribution in [0.15, 0.2) is 24.3 Å². The molecule has 1 aromatic rings. The van der Waals surface area contributed by atoms with Crippen LogP contribution in [0.2, 0.25) is 0 Å². The molecule has 1 atom stereocenters. The summed E-state index contributed by atoms with van der Waals surface area (Å²) in [5.41, 5.74) is 1.34. The fourth-order valence-electron chi connectivity index (χ4n) is 4.67. The van der Waals surface area contributed by atoms with E-state index in [9.17, 15) is 14.4 Å². The lowest BCUT2D eigenvalue weighted by molar-refractivity contribution is -0.141. The van der Waals surface area contributed by atoms with Crippen molar-refractivity contribution < 1.29 is 14.4 Å². The molecule has 2 aliphatic rings. The Labute approximate surface area is 173 Å². The van der Waals surface area contributed by atoms with E-state index in [0.717, 1.165) is 51.5 Å². The van der Waals surface area contributed by atoms with Crippen molar-refractivity contribution in [1.82, 2.24) is 4.90 Å². The summed E-state index contributed by atoms with van der Waals surface area (Å²) in [5, 5.41) is 5.69. The molecule has 6 heteroatoms. The Balaban J connectivity index is 1.52. The van der Waals surface area contributed by atoms with Gasteiger partial charge in [-0.05, 0) is 69.6 Å². The van der Waals surface area contributed by atoms with Gasteiger partial charge in [0.25, 0.3) is 0 Å². The van der Waals surface area contributed by atoms with Gasteiger partial charge in [-0.25, -0.2) is 0 Å². The zero-order valence-electron chi connectivity index (χ0n) is 17.6. The van der Waals surface area contributed by atoms with Gasteiger partial charge in [0.15, 0.2) is 0 Å². The molecule has 158 valence electrons. The van der Waals surface area contributed by atoms with E-state index in [-0.39, 0.29) is 23.7 Å². The largest absolute Gasteiger partial charge is 0.339 e. The predicted molar refractivity (Wildman–Crippen MR) is 114 cm³/mol. The first-order chi connectivity index (χ1) is 14.0. The first-order valence-electron chi connectivity index (χ1n) is 11.0. The number of carbonyl (C=O) groups excluding carboxylic acids is 3. The normalized spacial score (nSPS) is 24.6. The van der Waals surface area contributed by atoms with Gasteiger partial charge in [-0.1, -0.05) is 13.0 Å². The van der Waals surface area contributed by atoms with Crippen molar-refractivity contribution in [2.24, 2.45) is 11.8 Å². The molecule has 1 aromatic carbocycles. The van der Waals surface area contributed by atoms with Crippen LogP contribution in [-0.2, 0) is 14.4 Å². The van der Waals surface area contributed by atoms with E-state index >= 15 is 0 Å². The summed E-state index contributed by atoms with van der Waals surface area (Å²) in [6.45, 7) is 4.51. The number of anilines is 2. The summed E-state index contributed by atoms with van der Waals surface area (Å²) < 4.78 is 0. The maximum absolute atomic E-state index is 13.0. The number of amides is 3. The summed E-state index contributed by atoms with van der Waals surface area (Å²) in [6.07, 6.45) is 7.55. The van der Waals surface area contributed by atoms with E-state index in [4.69, 9.17) is 0 Å². The number of nitrogens with zero attached hydrogens (tertiary/aromatic N) is 1. The summed E-state index contributed by atoms with van der Waals surface area (Å²) in [5.74, 6) is 0.162. The molecular weight excluding hydrogens is 366 g/mol. The molecule has 1 aliphatic heterocycles. The maximum Gasteiger partial charge on any atom is 0.227 e. The molecule has 2 fully saturated rings. The Morgan fingerprint density at radius 2 is 1.62 bits per heavy atom. The third-order valence-corrected chi connectivity index (χ3v) is 6.28. The monoisotopic (exact) mass is 399 g/mol. The van der Waals surface area contributed by atoms with Crippen LogP contribution in [0.3, 0.4) is 0 Å². The fraction of sp³-hybridized carbons (Fsp3) is 0.609. The quantitative estimate of drug-likeness (QED) is 0.779. The van der Waals surface area contributed by atoms with Crippen molar-refractivity contribution in [3.05, 3.63) is 24.3 Å². The molecule has 2 N–H and O–H groups in total. The van der Waals surface area contributed by atoms with Gasteiger partial charge in [0.2, 0.25) is 17.7 Å². The van der Waals surface area contributed by atoms with Crippen molar-refractivity contribution >= 4 is 29.1 Å². The average molecular weight is 400 g/mol. The van der Waals surface area contributed by atoms with E-state index in [1.807, 2.05) is 6.07 Å². The number of rotatable bonds is 5. The molecule has 3 rings (SSSR count). The van der Waals surface area contributed by atoms with Gasteiger partial charge in [-0.2, -0.15) is 0 Å². The van der Waals surface area contributed by atoms with Crippen LogP contribution in [0.1, 0.15) is 65.2 Å². The number of hydrogen-bond donors (Lipinski definition) is 2. The minimum absolute atomic E-state index is 0.000260. The molecule has 29 heavy (non-hydrogen) atoms. The standard InChI is InChI=1S/C23H33N3O3/c1-3-21-9-4-5-14-26(21)23(29)18-12-10-17(11-13-18)22(28)25-20-8-6-7-19(15-20)24-16(2)27/h6-8,15,17-18,21H,3-5,9-14H2,1-2H3,(H,24,27)(H,25,28). The highest BCUT2D eigenvalue weighted by atomic mass is 16.2. The van der Waals surface area contributed by atoms with Crippen LogP contribution in [0.5, 0.6) is 0 Å².